The Morgan fingerprint density at radius 3 is 2.43 bits per heavy atom. The van der Waals surface area contributed by atoms with E-state index < -0.39 is 0 Å². The quantitative estimate of drug-likeness (QED) is 0.722. The van der Waals surface area contributed by atoms with Gasteiger partial charge in [0, 0.05) is 13.0 Å². The van der Waals surface area contributed by atoms with Crippen molar-refractivity contribution in [1.29, 1.82) is 0 Å². The Labute approximate surface area is 85.7 Å². The molecular formula is C10H20N4. The molecule has 1 heterocycles. The van der Waals surface area contributed by atoms with Crippen molar-refractivity contribution in [3.63, 3.8) is 0 Å². The van der Waals surface area contributed by atoms with Crippen LogP contribution in [0.2, 0.25) is 0 Å². The normalized spacial score (nSPS) is 11.6. The van der Waals surface area contributed by atoms with Crippen LogP contribution in [0, 0.1) is 11.8 Å². The first-order valence-electron chi connectivity index (χ1n) is 5.34. The van der Waals surface area contributed by atoms with Crippen molar-refractivity contribution in [2.45, 2.75) is 47.1 Å². The first-order chi connectivity index (χ1) is 6.59. The number of tetrazole rings is 1. The van der Waals surface area contributed by atoms with E-state index in [9.17, 15) is 0 Å². The van der Waals surface area contributed by atoms with E-state index in [-0.39, 0.29) is 0 Å². The zero-order valence-electron chi connectivity index (χ0n) is 9.56. The Kier molecular flexibility index (Phi) is 4.04. The molecule has 4 heteroatoms. The van der Waals surface area contributed by atoms with Gasteiger partial charge in [-0.2, -0.15) is 0 Å². The van der Waals surface area contributed by atoms with Crippen LogP contribution in [0.5, 0.6) is 0 Å². The Morgan fingerprint density at radius 2 is 1.86 bits per heavy atom. The zero-order valence-corrected chi connectivity index (χ0v) is 9.56. The molecule has 0 N–H and O–H groups in total. The second kappa shape index (κ2) is 5.08. The molecule has 0 unspecified atom stereocenters. The lowest BCUT2D eigenvalue weighted by Gasteiger charge is -2.07. The van der Waals surface area contributed by atoms with Gasteiger partial charge in [-0.3, -0.25) is 0 Å². The molecule has 4 nitrogen and oxygen atoms in total. The lowest BCUT2D eigenvalue weighted by molar-refractivity contribution is 0.457. The number of nitrogens with zero attached hydrogens (tertiary/aromatic N) is 4. The van der Waals surface area contributed by atoms with Gasteiger partial charge in [-0.1, -0.05) is 27.7 Å². The van der Waals surface area contributed by atoms with E-state index in [1.165, 1.54) is 0 Å². The maximum absolute atomic E-state index is 4.04. The third kappa shape index (κ3) is 3.44. The molecule has 0 fully saturated rings. The van der Waals surface area contributed by atoms with E-state index in [1.807, 2.05) is 4.68 Å². The Bertz CT molecular complexity index is 265. The highest BCUT2D eigenvalue weighted by Crippen LogP contribution is 2.06. The molecule has 1 rings (SSSR count). The van der Waals surface area contributed by atoms with Crippen LogP contribution in [-0.4, -0.2) is 20.2 Å². The standard InChI is InChI=1S/C10H20N4/c1-8(2)5-6-14-10(7-9(3)4)11-12-13-14/h8-9H,5-7H2,1-4H3. The molecule has 0 spiro atoms. The molecule has 0 saturated heterocycles. The van der Waals surface area contributed by atoms with E-state index in [1.54, 1.807) is 0 Å². The van der Waals surface area contributed by atoms with Gasteiger partial charge in [0.1, 0.15) is 0 Å². The van der Waals surface area contributed by atoms with Gasteiger partial charge in [0.2, 0.25) is 0 Å². The van der Waals surface area contributed by atoms with E-state index in [0.717, 1.165) is 25.2 Å². The van der Waals surface area contributed by atoms with Crippen LogP contribution in [0.4, 0.5) is 0 Å². The summed E-state index contributed by atoms with van der Waals surface area (Å²) < 4.78 is 1.93. The van der Waals surface area contributed by atoms with Gasteiger partial charge in [-0.25, -0.2) is 4.68 Å². The van der Waals surface area contributed by atoms with Crippen LogP contribution in [0.15, 0.2) is 0 Å². The van der Waals surface area contributed by atoms with Gasteiger partial charge in [-0.05, 0) is 28.7 Å². The number of hydrogen-bond donors (Lipinski definition) is 0. The molecule has 0 aliphatic rings. The van der Waals surface area contributed by atoms with Crippen molar-refractivity contribution in [2.24, 2.45) is 11.8 Å². The molecule has 80 valence electrons. The summed E-state index contributed by atoms with van der Waals surface area (Å²) in [4.78, 5) is 0. The van der Waals surface area contributed by atoms with Crippen molar-refractivity contribution >= 4 is 0 Å². The molecular weight excluding hydrogens is 176 g/mol. The number of aryl methyl sites for hydroxylation is 1. The highest BCUT2D eigenvalue weighted by molar-refractivity contribution is 4.82. The highest BCUT2D eigenvalue weighted by Gasteiger charge is 2.08. The smallest absolute Gasteiger partial charge is 0.151 e. The van der Waals surface area contributed by atoms with E-state index in [4.69, 9.17) is 0 Å². The highest BCUT2D eigenvalue weighted by atomic mass is 15.5. The van der Waals surface area contributed by atoms with Crippen molar-refractivity contribution in [1.82, 2.24) is 20.2 Å². The van der Waals surface area contributed by atoms with E-state index in [2.05, 4.69) is 43.2 Å². The molecule has 14 heavy (non-hydrogen) atoms. The van der Waals surface area contributed by atoms with Crippen LogP contribution in [0.3, 0.4) is 0 Å². The lowest BCUT2D eigenvalue weighted by Crippen LogP contribution is -2.10. The van der Waals surface area contributed by atoms with Crippen molar-refractivity contribution in [2.75, 3.05) is 0 Å². The molecule has 0 aromatic carbocycles. The van der Waals surface area contributed by atoms with Crippen LogP contribution >= 0.6 is 0 Å². The van der Waals surface area contributed by atoms with Crippen LogP contribution in [0.25, 0.3) is 0 Å². The third-order valence-corrected chi connectivity index (χ3v) is 2.12. The van der Waals surface area contributed by atoms with Crippen LogP contribution < -0.4 is 0 Å². The second-order valence-electron chi connectivity index (χ2n) is 4.60. The zero-order chi connectivity index (χ0) is 10.6. The average molecular weight is 196 g/mol. The molecule has 1 aromatic rings. The summed E-state index contributed by atoms with van der Waals surface area (Å²) in [6.07, 6.45) is 2.10. The van der Waals surface area contributed by atoms with Crippen molar-refractivity contribution in [3.8, 4) is 0 Å². The SMILES string of the molecule is CC(C)CCn1nnnc1CC(C)C. The van der Waals surface area contributed by atoms with Gasteiger partial charge in [-0.15, -0.1) is 5.10 Å². The second-order valence-corrected chi connectivity index (χ2v) is 4.60. The van der Waals surface area contributed by atoms with E-state index in [0.29, 0.717) is 11.8 Å². The largest absolute Gasteiger partial charge is 0.230 e. The first kappa shape index (κ1) is 11.1. The molecule has 0 aliphatic heterocycles. The van der Waals surface area contributed by atoms with Gasteiger partial charge in [0.05, 0.1) is 0 Å². The summed E-state index contributed by atoms with van der Waals surface area (Å²) in [5, 5.41) is 11.7. The molecule has 1 aromatic heterocycles. The number of hydrogen-bond acceptors (Lipinski definition) is 3. The van der Waals surface area contributed by atoms with Gasteiger partial charge >= 0.3 is 0 Å². The maximum Gasteiger partial charge on any atom is 0.151 e. The lowest BCUT2D eigenvalue weighted by atomic mass is 10.1. The minimum atomic E-state index is 0.610. The molecule has 0 radical (unpaired) electrons. The first-order valence-corrected chi connectivity index (χ1v) is 5.34. The molecule has 0 saturated carbocycles. The Hall–Kier alpha value is -0.930. The summed E-state index contributed by atoms with van der Waals surface area (Å²) in [5.41, 5.74) is 0. The van der Waals surface area contributed by atoms with Crippen molar-refractivity contribution < 1.29 is 0 Å². The molecule has 0 bridgehead atoms. The number of rotatable bonds is 5. The Morgan fingerprint density at radius 1 is 1.14 bits per heavy atom. The van der Waals surface area contributed by atoms with Gasteiger partial charge < -0.3 is 0 Å². The van der Waals surface area contributed by atoms with Gasteiger partial charge in [0.25, 0.3) is 0 Å². The van der Waals surface area contributed by atoms with Crippen molar-refractivity contribution in [3.05, 3.63) is 5.82 Å². The fourth-order valence-corrected chi connectivity index (χ4v) is 1.29. The third-order valence-electron chi connectivity index (χ3n) is 2.12. The minimum absolute atomic E-state index is 0.610. The average Bonchev–Trinajstić information content (AvgIpc) is 2.47. The van der Waals surface area contributed by atoms with E-state index >= 15 is 0 Å². The number of aromatic nitrogens is 4. The fraction of sp³-hybridized carbons (Fsp3) is 0.900. The molecule has 0 atom stereocenters. The monoisotopic (exact) mass is 196 g/mol. The minimum Gasteiger partial charge on any atom is -0.230 e. The maximum atomic E-state index is 4.04. The predicted molar refractivity (Wildman–Crippen MR) is 55.8 cm³/mol. The molecule has 0 aliphatic carbocycles. The Balaban J connectivity index is 2.53. The van der Waals surface area contributed by atoms with Crippen LogP contribution in [-0.2, 0) is 13.0 Å². The topological polar surface area (TPSA) is 43.6 Å². The summed E-state index contributed by atoms with van der Waals surface area (Å²) in [5.74, 6) is 2.32. The molecule has 0 amide bonds. The summed E-state index contributed by atoms with van der Waals surface area (Å²) in [6.45, 7) is 9.73. The summed E-state index contributed by atoms with van der Waals surface area (Å²) in [6, 6.07) is 0. The fourth-order valence-electron chi connectivity index (χ4n) is 1.29. The summed E-state index contributed by atoms with van der Waals surface area (Å²) in [7, 11) is 0. The van der Waals surface area contributed by atoms with Gasteiger partial charge in [0.15, 0.2) is 5.82 Å². The van der Waals surface area contributed by atoms with Crippen LogP contribution in [0.1, 0.15) is 39.9 Å². The summed E-state index contributed by atoms with van der Waals surface area (Å²) >= 11 is 0. The predicted octanol–water partition coefficient (Wildman–Crippen LogP) is 1.92.